The summed E-state index contributed by atoms with van der Waals surface area (Å²) < 4.78 is 70.3. The highest BCUT2D eigenvalue weighted by Crippen LogP contribution is 2.21. The Bertz CT molecular complexity index is 472. The van der Waals surface area contributed by atoms with Gasteiger partial charge >= 0.3 is 20.7 Å². The topological polar surface area (TPSA) is 139 Å². The van der Waals surface area contributed by atoms with Crippen molar-refractivity contribution in [2.24, 2.45) is 5.92 Å². The molecule has 0 aromatic heterocycles. The normalized spacial score (nSPS) is 30.3. The van der Waals surface area contributed by atoms with Gasteiger partial charge in [-0.15, -0.1) is 0 Å². The Kier molecular flexibility index (Phi) is 5.05. The van der Waals surface area contributed by atoms with E-state index in [2.05, 4.69) is 4.18 Å². The molecule has 0 radical (unpaired) electrons. The Morgan fingerprint density at radius 2 is 1.94 bits per heavy atom. The van der Waals surface area contributed by atoms with Gasteiger partial charge in [0.2, 0.25) is 0 Å². The molecule has 0 aromatic rings. The van der Waals surface area contributed by atoms with Crippen LogP contribution in [-0.4, -0.2) is 51.3 Å². The van der Waals surface area contributed by atoms with Gasteiger partial charge in [-0.05, 0) is 12.3 Å². The fourth-order valence-corrected chi connectivity index (χ4v) is 2.68. The number of hydrogen-bond donors (Lipinski definition) is 3. The van der Waals surface area contributed by atoms with Crippen LogP contribution in [-0.2, 0) is 29.6 Å². The minimum atomic E-state index is -4.51. The van der Waals surface area contributed by atoms with E-state index in [1.807, 2.05) is 4.72 Å². The molecule has 1 fully saturated rings. The van der Waals surface area contributed by atoms with E-state index in [1.54, 1.807) is 6.92 Å². The summed E-state index contributed by atoms with van der Waals surface area (Å²) in [6.45, 7) is 1.34. The molecule has 1 aliphatic heterocycles. The fourth-order valence-electron chi connectivity index (χ4n) is 1.67. The molecule has 1 saturated heterocycles. The van der Waals surface area contributed by atoms with Crippen molar-refractivity contribution in [3.8, 4) is 0 Å². The van der Waals surface area contributed by atoms with Crippen LogP contribution in [0.4, 0.5) is 0 Å². The van der Waals surface area contributed by atoms with E-state index in [-0.39, 0.29) is 19.1 Å². The molecule has 18 heavy (non-hydrogen) atoms. The third kappa shape index (κ3) is 6.04. The van der Waals surface area contributed by atoms with Crippen LogP contribution in [0.3, 0.4) is 0 Å². The molecule has 9 nitrogen and oxygen atoms in total. The molecule has 108 valence electrons. The number of nitrogens with one attached hydrogen (secondary N) is 1. The van der Waals surface area contributed by atoms with Gasteiger partial charge in [0.25, 0.3) is 0 Å². The SMILES string of the molecule is CC1CC(COS(=O)(=O)O)OCC1NS(=O)(=O)O. The zero-order valence-corrected chi connectivity index (χ0v) is 11.1. The highest BCUT2D eigenvalue weighted by molar-refractivity contribution is 7.83. The second-order valence-electron chi connectivity index (χ2n) is 4.08. The summed E-state index contributed by atoms with van der Waals surface area (Å²) in [7, 11) is -8.82. The largest absolute Gasteiger partial charge is 0.397 e. The lowest BCUT2D eigenvalue weighted by atomic mass is 9.94. The van der Waals surface area contributed by atoms with Crippen LogP contribution in [0.2, 0.25) is 0 Å². The Morgan fingerprint density at radius 1 is 1.33 bits per heavy atom. The zero-order chi connectivity index (χ0) is 14.0. The molecule has 0 bridgehead atoms. The first-order chi connectivity index (χ1) is 8.07. The molecule has 1 heterocycles. The molecule has 11 heteroatoms. The van der Waals surface area contributed by atoms with Gasteiger partial charge in [0, 0.05) is 6.04 Å². The maximum absolute atomic E-state index is 10.6. The quantitative estimate of drug-likeness (QED) is 0.549. The van der Waals surface area contributed by atoms with Gasteiger partial charge in [-0.2, -0.15) is 21.6 Å². The lowest BCUT2D eigenvalue weighted by Gasteiger charge is -2.33. The predicted molar refractivity (Wildman–Crippen MR) is 59.5 cm³/mol. The minimum Gasteiger partial charge on any atom is -0.374 e. The maximum atomic E-state index is 10.6. The number of rotatable bonds is 5. The molecule has 3 N–H and O–H groups in total. The molecular formula is C7H15NO8S2. The summed E-state index contributed by atoms with van der Waals surface area (Å²) in [6, 6.07) is -0.595. The average molecular weight is 305 g/mol. The van der Waals surface area contributed by atoms with E-state index in [0.29, 0.717) is 6.42 Å². The van der Waals surface area contributed by atoms with Gasteiger partial charge in [-0.25, -0.2) is 4.18 Å². The summed E-state index contributed by atoms with van der Waals surface area (Å²) in [5.74, 6) is -0.185. The highest BCUT2D eigenvalue weighted by atomic mass is 32.3. The van der Waals surface area contributed by atoms with Crippen molar-refractivity contribution in [1.29, 1.82) is 0 Å². The summed E-state index contributed by atoms with van der Waals surface area (Å²) >= 11 is 0. The lowest BCUT2D eigenvalue weighted by Crippen LogP contribution is -2.48. The zero-order valence-electron chi connectivity index (χ0n) is 9.51. The second kappa shape index (κ2) is 5.77. The lowest BCUT2D eigenvalue weighted by molar-refractivity contribution is -0.0431. The van der Waals surface area contributed by atoms with Gasteiger partial charge in [-0.1, -0.05) is 6.92 Å². The van der Waals surface area contributed by atoms with Crippen LogP contribution in [0, 0.1) is 5.92 Å². The smallest absolute Gasteiger partial charge is 0.374 e. The van der Waals surface area contributed by atoms with E-state index in [9.17, 15) is 16.8 Å². The maximum Gasteiger partial charge on any atom is 0.397 e. The second-order valence-corrected chi connectivity index (χ2v) is 6.36. The molecule has 0 spiro atoms. The molecule has 1 rings (SSSR count). The van der Waals surface area contributed by atoms with Crippen molar-refractivity contribution >= 4 is 20.7 Å². The summed E-state index contributed by atoms with van der Waals surface area (Å²) in [6.07, 6.45) is -0.246. The summed E-state index contributed by atoms with van der Waals surface area (Å²) in [4.78, 5) is 0. The van der Waals surface area contributed by atoms with Crippen LogP contribution in [0.5, 0.6) is 0 Å². The van der Waals surface area contributed by atoms with E-state index >= 15 is 0 Å². The fraction of sp³-hybridized carbons (Fsp3) is 1.00. The van der Waals surface area contributed by atoms with Crippen LogP contribution in [0.25, 0.3) is 0 Å². The first kappa shape index (κ1) is 15.8. The van der Waals surface area contributed by atoms with E-state index in [4.69, 9.17) is 13.8 Å². The number of hydrogen-bond acceptors (Lipinski definition) is 6. The molecule has 0 aromatic carbocycles. The molecule has 0 saturated carbocycles. The van der Waals surface area contributed by atoms with Gasteiger partial charge < -0.3 is 4.74 Å². The van der Waals surface area contributed by atoms with Crippen molar-refractivity contribution in [2.45, 2.75) is 25.5 Å². The monoisotopic (exact) mass is 305 g/mol. The first-order valence-corrected chi connectivity index (χ1v) is 7.85. The average Bonchev–Trinajstić information content (AvgIpc) is 2.15. The van der Waals surface area contributed by atoms with Gasteiger partial charge in [0.05, 0.1) is 19.3 Å². The Morgan fingerprint density at radius 3 is 2.39 bits per heavy atom. The van der Waals surface area contributed by atoms with Crippen molar-refractivity contribution in [2.75, 3.05) is 13.2 Å². The van der Waals surface area contributed by atoms with Crippen molar-refractivity contribution in [1.82, 2.24) is 4.72 Å². The highest BCUT2D eigenvalue weighted by Gasteiger charge is 2.31. The van der Waals surface area contributed by atoms with Crippen LogP contribution >= 0.6 is 0 Å². The Labute approximate surface area is 105 Å². The third-order valence-electron chi connectivity index (χ3n) is 2.54. The molecule has 1 aliphatic rings. The summed E-state index contributed by atoms with van der Waals surface area (Å²) in [5.41, 5.74) is 0. The predicted octanol–water partition coefficient (Wildman–Crippen LogP) is -1.01. The van der Waals surface area contributed by atoms with E-state index in [1.165, 1.54) is 0 Å². The Balaban J connectivity index is 2.46. The van der Waals surface area contributed by atoms with E-state index < -0.39 is 32.8 Å². The molecule has 3 atom stereocenters. The van der Waals surface area contributed by atoms with Crippen molar-refractivity contribution in [3.05, 3.63) is 0 Å². The van der Waals surface area contributed by atoms with Crippen LogP contribution in [0.15, 0.2) is 0 Å². The minimum absolute atomic E-state index is 0.0273. The third-order valence-corrected chi connectivity index (χ3v) is 3.57. The van der Waals surface area contributed by atoms with Crippen molar-refractivity contribution < 1.29 is 34.9 Å². The van der Waals surface area contributed by atoms with E-state index in [0.717, 1.165) is 0 Å². The number of ether oxygens (including phenoxy) is 1. The van der Waals surface area contributed by atoms with Gasteiger partial charge in [0.15, 0.2) is 0 Å². The van der Waals surface area contributed by atoms with Crippen LogP contribution in [0.1, 0.15) is 13.3 Å². The summed E-state index contributed by atoms with van der Waals surface area (Å²) in [5, 5.41) is 0. The Hall–Kier alpha value is -0.300. The van der Waals surface area contributed by atoms with Crippen LogP contribution < -0.4 is 4.72 Å². The van der Waals surface area contributed by atoms with Gasteiger partial charge in [0.1, 0.15) is 0 Å². The van der Waals surface area contributed by atoms with Crippen molar-refractivity contribution in [3.63, 3.8) is 0 Å². The van der Waals surface area contributed by atoms with Gasteiger partial charge in [-0.3, -0.25) is 9.11 Å². The molecule has 3 unspecified atom stereocenters. The molecular weight excluding hydrogens is 290 g/mol. The standard InChI is InChI=1S/C7H15NO8S2/c1-5-2-6(3-16-18(12,13)14)15-4-7(5)8-17(9,10)11/h5-8H,2-4H2,1H3,(H,9,10,11)(H,12,13,14). The molecule has 0 aliphatic carbocycles. The first-order valence-electron chi connectivity index (χ1n) is 5.05. The molecule has 0 amide bonds.